The fourth-order valence-corrected chi connectivity index (χ4v) is 1.14. The molecular formula is C9H10N2O3. The van der Waals surface area contributed by atoms with Crippen molar-refractivity contribution in [2.75, 3.05) is 13.2 Å². The van der Waals surface area contributed by atoms with Crippen LogP contribution in [0.4, 0.5) is 0 Å². The Morgan fingerprint density at radius 2 is 2.36 bits per heavy atom. The van der Waals surface area contributed by atoms with Gasteiger partial charge in [0, 0.05) is 6.20 Å². The van der Waals surface area contributed by atoms with Gasteiger partial charge in [0.2, 0.25) is 0 Å². The van der Waals surface area contributed by atoms with Crippen molar-refractivity contribution >= 4 is 5.91 Å². The third kappa shape index (κ3) is 1.82. The first-order chi connectivity index (χ1) is 6.75. The fourth-order valence-electron chi connectivity index (χ4n) is 1.14. The molecule has 5 nitrogen and oxygen atoms in total. The molecule has 1 aliphatic heterocycles. The lowest BCUT2D eigenvalue weighted by Gasteiger charge is -2.26. The molecule has 2 N–H and O–H groups in total. The zero-order valence-corrected chi connectivity index (χ0v) is 7.43. The van der Waals surface area contributed by atoms with Crippen LogP contribution in [0.3, 0.4) is 0 Å². The second kappa shape index (κ2) is 3.63. The van der Waals surface area contributed by atoms with Crippen LogP contribution in [0.1, 0.15) is 10.4 Å². The van der Waals surface area contributed by atoms with Gasteiger partial charge >= 0.3 is 0 Å². The van der Waals surface area contributed by atoms with Gasteiger partial charge in [-0.3, -0.25) is 9.78 Å². The Balaban J connectivity index is 2.02. The third-order valence-corrected chi connectivity index (χ3v) is 1.96. The molecule has 1 fully saturated rings. The van der Waals surface area contributed by atoms with Crippen molar-refractivity contribution in [2.24, 2.45) is 0 Å². The van der Waals surface area contributed by atoms with E-state index in [1.54, 1.807) is 0 Å². The average Bonchev–Trinajstić information content (AvgIpc) is 2.11. The molecule has 0 atom stereocenters. The lowest BCUT2D eigenvalue weighted by atomic mass is 10.2. The van der Waals surface area contributed by atoms with Crippen LogP contribution in [-0.2, 0) is 4.74 Å². The Hall–Kier alpha value is -1.62. The largest absolute Gasteiger partial charge is 0.506 e. The molecular weight excluding hydrogens is 184 g/mol. The minimum absolute atomic E-state index is 0.0116. The van der Waals surface area contributed by atoms with Gasteiger partial charge in [-0.15, -0.1) is 0 Å². The molecule has 0 unspecified atom stereocenters. The first-order valence-corrected chi connectivity index (χ1v) is 4.28. The summed E-state index contributed by atoms with van der Waals surface area (Å²) >= 11 is 0. The maximum atomic E-state index is 11.5. The smallest absolute Gasteiger partial charge is 0.253 e. The van der Waals surface area contributed by atoms with Crippen molar-refractivity contribution in [2.45, 2.75) is 6.04 Å². The molecule has 5 heteroatoms. The van der Waals surface area contributed by atoms with E-state index in [0.717, 1.165) is 0 Å². The zero-order valence-electron chi connectivity index (χ0n) is 7.43. The number of nitrogens with zero attached hydrogens (tertiary/aromatic N) is 1. The van der Waals surface area contributed by atoms with Crippen molar-refractivity contribution in [1.82, 2.24) is 10.3 Å². The molecule has 0 bridgehead atoms. The van der Waals surface area contributed by atoms with Crippen LogP contribution in [0.5, 0.6) is 5.75 Å². The third-order valence-electron chi connectivity index (χ3n) is 1.96. The topological polar surface area (TPSA) is 71.5 Å². The highest BCUT2D eigenvalue weighted by Crippen LogP contribution is 2.09. The zero-order chi connectivity index (χ0) is 9.97. The lowest BCUT2D eigenvalue weighted by molar-refractivity contribution is -0.00347. The van der Waals surface area contributed by atoms with Crippen LogP contribution < -0.4 is 5.32 Å². The second-order valence-corrected chi connectivity index (χ2v) is 3.14. The van der Waals surface area contributed by atoms with Gasteiger partial charge in [-0.25, -0.2) is 0 Å². The van der Waals surface area contributed by atoms with Crippen molar-refractivity contribution in [1.29, 1.82) is 0 Å². The summed E-state index contributed by atoms with van der Waals surface area (Å²) in [6, 6.07) is 1.46. The Morgan fingerprint density at radius 1 is 1.57 bits per heavy atom. The Kier molecular flexibility index (Phi) is 2.32. The molecule has 1 saturated heterocycles. The molecule has 0 aromatic carbocycles. The number of carbonyl (C=O) groups is 1. The number of nitrogens with one attached hydrogen (secondary N) is 1. The summed E-state index contributed by atoms with van der Waals surface area (Å²) in [5.41, 5.74) is 0.358. The van der Waals surface area contributed by atoms with Gasteiger partial charge < -0.3 is 15.2 Å². The van der Waals surface area contributed by atoms with Gasteiger partial charge in [-0.1, -0.05) is 0 Å². The highest BCUT2D eigenvalue weighted by Gasteiger charge is 2.21. The highest BCUT2D eigenvalue weighted by atomic mass is 16.5. The average molecular weight is 194 g/mol. The standard InChI is InChI=1S/C9H10N2O3/c12-8-1-6(2-10-3-8)9(13)11-7-4-14-5-7/h1-3,7,12H,4-5H2,(H,11,13). The van der Waals surface area contributed by atoms with Gasteiger partial charge in [0.15, 0.2) is 0 Å². The van der Waals surface area contributed by atoms with E-state index < -0.39 is 0 Å². The molecule has 1 aliphatic rings. The van der Waals surface area contributed by atoms with E-state index in [9.17, 15) is 4.79 Å². The van der Waals surface area contributed by atoms with Crippen molar-refractivity contribution in [3.63, 3.8) is 0 Å². The van der Waals surface area contributed by atoms with Gasteiger partial charge in [0.05, 0.1) is 31.0 Å². The van der Waals surface area contributed by atoms with E-state index >= 15 is 0 Å². The predicted molar refractivity (Wildman–Crippen MR) is 48.0 cm³/mol. The van der Waals surface area contributed by atoms with Crippen molar-refractivity contribution < 1.29 is 14.6 Å². The molecule has 1 aromatic heterocycles. The van der Waals surface area contributed by atoms with Gasteiger partial charge in [-0.05, 0) is 6.07 Å². The summed E-state index contributed by atoms with van der Waals surface area (Å²) in [5, 5.41) is 11.8. The van der Waals surface area contributed by atoms with E-state index in [2.05, 4.69) is 10.3 Å². The number of hydrogen-bond acceptors (Lipinski definition) is 4. The van der Waals surface area contributed by atoms with Crippen LogP contribution in [0.25, 0.3) is 0 Å². The molecule has 2 heterocycles. The molecule has 2 rings (SSSR count). The number of rotatable bonds is 2. The van der Waals surface area contributed by atoms with Gasteiger partial charge in [0.25, 0.3) is 5.91 Å². The van der Waals surface area contributed by atoms with Crippen LogP contribution in [0.15, 0.2) is 18.5 Å². The summed E-state index contributed by atoms with van der Waals surface area (Å²) in [4.78, 5) is 15.2. The molecule has 1 aromatic rings. The number of hydrogen-bond donors (Lipinski definition) is 2. The maximum absolute atomic E-state index is 11.5. The number of pyridine rings is 1. The molecule has 0 saturated carbocycles. The lowest BCUT2D eigenvalue weighted by Crippen LogP contribution is -2.48. The number of amides is 1. The molecule has 0 radical (unpaired) electrons. The fraction of sp³-hybridized carbons (Fsp3) is 0.333. The molecule has 0 spiro atoms. The number of aromatic nitrogens is 1. The van der Waals surface area contributed by atoms with E-state index in [1.807, 2.05) is 0 Å². The van der Waals surface area contributed by atoms with E-state index in [4.69, 9.17) is 9.84 Å². The Labute approximate surface area is 80.7 Å². The summed E-state index contributed by atoms with van der Waals surface area (Å²) < 4.78 is 4.92. The van der Waals surface area contributed by atoms with Crippen LogP contribution in [0.2, 0.25) is 0 Å². The van der Waals surface area contributed by atoms with Crippen LogP contribution in [0, 0.1) is 0 Å². The monoisotopic (exact) mass is 194 g/mol. The predicted octanol–water partition coefficient (Wildman–Crippen LogP) is -0.0842. The highest BCUT2D eigenvalue weighted by molar-refractivity contribution is 5.94. The second-order valence-electron chi connectivity index (χ2n) is 3.14. The number of carbonyl (C=O) groups excluding carboxylic acids is 1. The molecule has 0 aliphatic carbocycles. The molecule has 14 heavy (non-hydrogen) atoms. The number of aromatic hydroxyl groups is 1. The van der Waals surface area contributed by atoms with Gasteiger partial charge in [-0.2, -0.15) is 0 Å². The quantitative estimate of drug-likeness (QED) is 0.690. The van der Waals surface area contributed by atoms with E-state index in [-0.39, 0.29) is 17.7 Å². The van der Waals surface area contributed by atoms with Gasteiger partial charge in [0.1, 0.15) is 5.75 Å². The first-order valence-electron chi connectivity index (χ1n) is 4.28. The maximum Gasteiger partial charge on any atom is 0.253 e. The normalized spacial score (nSPS) is 16.0. The summed E-state index contributed by atoms with van der Waals surface area (Å²) in [7, 11) is 0. The summed E-state index contributed by atoms with van der Waals surface area (Å²) in [6.45, 7) is 1.11. The minimum Gasteiger partial charge on any atom is -0.506 e. The van der Waals surface area contributed by atoms with Crippen LogP contribution >= 0.6 is 0 Å². The summed E-state index contributed by atoms with van der Waals surface area (Å²) in [6.07, 6.45) is 2.69. The Bertz CT molecular complexity index is 350. The first kappa shape index (κ1) is 8.96. The van der Waals surface area contributed by atoms with E-state index in [0.29, 0.717) is 18.8 Å². The molecule has 74 valence electrons. The number of ether oxygens (including phenoxy) is 1. The summed E-state index contributed by atoms with van der Waals surface area (Å²) in [5.74, 6) is -0.246. The van der Waals surface area contributed by atoms with Crippen LogP contribution in [-0.4, -0.2) is 35.3 Å². The van der Waals surface area contributed by atoms with Crippen molar-refractivity contribution in [3.05, 3.63) is 24.0 Å². The SMILES string of the molecule is O=C(NC1COC1)c1cncc(O)c1. The minimum atomic E-state index is -0.235. The van der Waals surface area contributed by atoms with Crippen molar-refractivity contribution in [3.8, 4) is 5.75 Å². The Morgan fingerprint density at radius 3 is 2.93 bits per heavy atom. The van der Waals surface area contributed by atoms with E-state index in [1.165, 1.54) is 18.5 Å². The molecule has 1 amide bonds.